The summed E-state index contributed by atoms with van der Waals surface area (Å²) in [5.74, 6) is 0.690. The smallest absolute Gasteiger partial charge is 0.155 e. The summed E-state index contributed by atoms with van der Waals surface area (Å²) in [6.07, 6.45) is 5.17. The lowest BCUT2D eigenvalue weighted by Gasteiger charge is -2.59. The third kappa shape index (κ3) is 2.10. The molecule has 3 fully saturated rings. The molecule has 6 nitrogen and oxygen atoms in total. The SMILES string of the molecule is C[C@]12CCC(=O)C=C1C(N=[N+]=[N-])C(O)[C@@H]1[C@@H]2CC[C@]2(C)C(=O)CC[C@@H]12. The number of aliphatic hydroxyl groups excluding tert-OH is 1. The minimum absolute atomic E-state index is 0.0453. The fourth-order valence-corrected chi connectivity index (χ4v) is 6.53. The van der Waals surface area contributed by atoms with Crippen LogP contribution in [0, 0.1) is 28.6 Å². The molecule has 0 aromatic heterocycles. The maximum atomic E-state index is 12.5. The van der Waals surface area contributed by atoms with Crippen molar-refractivity contribution in [2.45, 2.75) is 64.5 Å². The summed E-state index contributed by atoms with van der Waals surface area (Å²) in [5, 5.41) is 15.1. The Labute approximate surface area is 147 Å². The van der Waals surface area contributed by atoms with Gasteiger partial charge in [0.05, 0.1) is 12.1 Å². The Hall–Kier alpha value is -1.65. The van der Waals surface area contributed by atoms with Crippen molar-refractivity contribution in [3.8, 4) is 0 Å². The predicted octanol–water partition coefficient (Wildman–Crippen LogP) is 3.35. The normalized spacial score (nSPS) is 48.8. The highest BCUT2D eigenvalue weighted by Gasteiger charge is 2.63. The number of hydrogen-bond donors (Lipinski definition) is 1. The van der Waals surface area contributed by atoms with Gasteiger partial charge in [-0.25, -0.2) is 0 Å². The van der Waals surface area contributed by atoms with Gasteiger partial charge >= 0.3 is 0 Å². The van der Waals surface area contributed by atoms with Crippen molar-refractivity contribution in [3.05, 3.63) is 22.1 Å². The van der Waals surface area contributed by atoms with E-state index >= 15 is 0 Å². The number of ketones is 2. The highest BCUT2D eigenvalue weighted by atomic mass is 16.3. The second-order valence-electron chi connectivity index (χ2n) is 8.83. The van der Waals surface area contributed by atoms with Gasteiger partial charge < -0.3 is 5.11 Å². The van der Waals surface area contributed by atoms with Crippen LogP contribution in [0.5, 0.6) is 0 Å². The number of Topliss-reactive ketones (excluding diaryl/α,β-unsaturated/α-hetero) is 1. The number of rotatable bonds is 1. The molecule has 0 bridgehead atoms. The van der Waals surface area contributed by atoms with Crippen molar-refractivity contribution in [1.82, 2.24) is 0 Å². The molecule has 0 saturated heterocycles. The molecule has 4 rings (SSSR count). The molecule has 0 spiro atoms. The number of nitrogens with zero attached hydrogens (tertiary/aromatic N) is 3. The van der Waals surface area contributed by atoms with Crippen LogP contribution >= 0.6 is 0 Å². The van der Waals surface area contributed by atoms with Crippen molar-refractivity contribution in [3.63, 3.8) is 0 Å². The standard InChI is InChI=1S/C19H25N3O3/c1-18-7-5-10(23)9-13(18)16(21-22-20)17(25)15-11-3-4-14(24)19(11,2)8-6-12(15)18/h9,11-12,15-17,25H,3-8H2,1-2H3/t11-,12-,15-,16?,17?,18+,19-/m0/s1. The Morgan fingerprint density at radius 1 is 1.16 bits per heavy atom. The van der Waals surface area contributed by atoms with Gasteiger partial charge in [-0.15, -0.1) is 0 Å². The average Bonchev–Trinajstić information content (AvgIpc) is 2.88. The van der Waals surface area contributed by atoms with Gasteiger partial charge in [0.25, 0.3) is 0 Å². The topological polar surface area (TPSA) is 103 Å². The highest BCUT2D eigenvalue weighted by Crippen LogP contribution is 2.64. The fraction of sp³-hybridized carbons (Fsp3) is 0.789. The lowest BCUT2D eigenvalue weighted by Crippen LogP contribution is -2.59. The first-order valence-electron chi connectivity index (χ1n) is 9.33. The van der Waals surface area contributed by atoms with Gasteiger partial charge in [0.1, 0.15) is 5.78 Å². The summed E-state index contributed by atoms with van der Waals surface area (Å²) in [4.78, 5) is 27.5. The summed E-state index contributed by atoms with van der Waals surface area (Å²) < 4.78 is 0. The van der Waals surface area contributed by atoms with Crippen LogP contribution in [-0.4, -0.2) is 28.8 Å². The molecule has 0 radical (unpaired) electrons. The second kappa shape index (κ2) is 5.42. The van der Waals surface area contributed by atoms with Gasteiger partial charge in [0.2, 0.25) is 0 Å². The molecule has 2 unspecified atom stereocenters. The Morgan fingerprint density at radius 3 is 2.60 bits per heavy atom. The molecular weight excluding hydrogens is 318 g/mol. The molecule has 7 atom stereocenters. The van der Waals surface area contributed by atoms with Crippen molar-refractivity contribution < 1.29 is 14.7 Å². The van der Waals surface area contributed by atoms with Crippen LogP contribution < -0.4 is 0 Å². The van der Waals surface area contributed by atoms with E-state index in [0.29, 0.717) is 18.6 Å². The molecule has 6 heteroatoms. The molecular formula is C19H25N3O3. The number of aliphatic hydroxyl groups is 1. The lowest BCUT2D eigenvalue weighted by molar-refractivity contribution is -0.140. The minimum Gasteiger partial charge on any atom is -0.392 e. The van der Waals surface area contributed by atoms with Crippen LogP contribution in [0.3, 0.4) is 0 Å². The predicted molar refractivity (Wildman–Crippen MR) is 91.4 cm³/mol. The van der Waals surface area contributed by atoms with Crippen LogP contribution in [0.2, 0.25) is 0 Å². The molecule has 0 heterocycles. The molecule has 3 saturated carbocycles. The summed E-state index contributed by atoms with van der Waals surface area (Å²) in [5.41, 5.74) is 9.25. The van der Waals surface area contributed by atoms with Gasteiger partial charge in [-0.3, -0.25) is 9.59 Å². The minimum atomic E-state index is -0.818. The van der Waals surface area contributed by atoms with Gasteiger partial charge in [0, 0.05) is 23.2 Å². The van der Waals surface area contributed by atoms with Gasteiger partial charge in [0.15, 0.2) is 5.78 Å². The average molecular weight is 343 g/mol. The Kier molecular flexibility index (Phi) is 3.64. The van der Waals surface area contributed by atoms with E-state index < -0.39 is 12.1 Å². The van der Waals surface area contributed by atoms with Gasteiger partial charge in [-0.05, 0) is 66.0 Å². The van der Waals surface area contributed by atoms with Crippen LogP contribution in [0.25, 0.3) is 10.4 Å². The van der Waals surface area contributed by atoms with E-state index in [4.69, 9.17) is 5.53 Å². The number of azide groups is 1. The van der Waals surface area contributed by atoms with E-state index in [9.17, 15) is 14.7 Å². The van der Waals surface area contributed by atoms with Crippen molar-refractivity contribution in [1.29, 1.82) is 0 Å². The van der Waals surface area contributed by atoms with Crippen molar-refractivity contribution in [2.75, 3.05) is 0 Å². The van der Waals surface area contributed by atoms with Crippen LogP contribution in [-0.2, 0) is 9.59 Å². The molecule has 4 aliphatic rings. The van der Waals surface area contributed by atoms with Gasteiger partial charge in [-0.1, -0.05) is 19.0 Å². The summed E-state index contributed by atoms with van der Waals surface area (Å²) >= 11 is 0. The number of hydrogen-bond acceptors (Lipinski definition) is 4. The second-order valence-corrected chi connectivity index (χ2v) is 8.83. The summed E-state index contributed by atoms with van der Waals surface area (Å²) in [6.45, 7) is 4.21. The number of fused-ring (bicyclic) bond motifs is 5. The molecule has 0 aliphatic heterocycles. The zero-order chi connectivity index (χ0) is 18.0. The van der Waals surface area contributed by atoms with E-state index in [1.165, 1.54) is 0 Å². The third-order valence-corrected chi connectivity index (χ3v) is 7.94. The molecule has 1 N–H and O–H groups in total. The molecule has 25 heavy (non-hydrogen) atoms. The van der Waals surface area contributed by atoms with E-state index in [1.54, 1.807) is 6.08 Å². The maximum Gasteiger partial charge on any atom is 0.155 e. The zero-order valence-electron chi connectivity index (χ0n) is 14.8. The maximum absolute atomic E-state index is 12.5. The van der Waals surface area contributed by atoms with Crippen LogP contribution in [0.4, 0.5) is 0 Å². The lowest BCUT2D eigenvalue weighted by atomic mass is 9.46. The molecule has 0 aromatic rings. The molecule has 134 valence electrons. The largest absolute Gasteiger partial charge is 0.392 e. The molecule has 4 aliphatic carbocycles. The Balaban J connectivity index is 1.84. The first kappa shape index (κ1) is 16.8. The van der Waals surface area contributed by atoms with Crippen LogP contribution in [0.15, 0.2) is 16.8 Å². The van der Waals surface area contributed by atoms with E-state index in [-0.39, 0.29) is 34.4 Å². The summed E-state index contributed by atoms with van der Waals surface area (Å²) in [6, 6.07) is -0.696. The Morgan fingerprint density at radius 2 is 1.88 bits per heavy atom. The first-order valence-corrected chi connectivity index (χ1v) is 9.33. The van der Waals surface area contributed by atoms with Crippen molar-refractivity contribution >= 4 is 11.6 Å². The molecule has 0 amide bonds. The van der Waals surface area contributed by atoms with E-state index in [0.717, 1.165) is 31.3 Å². The zero-order valence-corrected chi connectivity index (χ0v) is 14.8. The first-order chi connectivity index (χ1) is 11.8. The number of carbonyl (C=O) groups is 2. The van der Waals surface area contributed by atoms with E-state index in [2.05, 4.69) is 23.9 Å². The Bertz CT molecular complexity index is 725. The molecule has 0 aromatic carbocycles. The summed E-state index contributed by atoms with van der Waals surface area (Å²) in [7, 11) is 0. The van der Waals surface area contributed by atoms with Crippen molar-refractivity contribution in [2.24, 2.45) is 33.7 Å². The third-order valence-electron chi connectivity index (χ3n) is 7.94. The van der Waals surface area contributed by atoms with Crippen LogP contribution in [0.1, 0.15) is 52.4 Å². The van der Waals surface area contributed by atoms with E-state index in [1.807, 2.05) is 0 Å². The number of carbonyl (C=O) groups excluding carboxylic acids is 2. The monoisotopic (exact) mass is 343 g/mol. The van der Waals surface area contributed by atoms with Gasteiger partial charge in [-0.2, -0.15) is 0 Å². The fourth-order valence-electron chi connectivity index (χ4n) is 6.53. The highest BCUT2D eigenvalue weighted by molar-refractivity contribution is 5.92. The quantitative estimate of drug-likeness (QED) is 0.448.